The maximum atomic E-state index is 6.16. The van der Waals surface area contributed by atoms with Crippen molar-refractivity contribution in [1.82, 2.24) is 0 Å². The lowest BCUT2D eigenvalue weighted by Gasteiger charge is -2.36. The van der Waals surface area contributed by atoms with Crippen LogP contribution in [-0.2, 0) is 11.0 Å². The first kappa shape index (κ1) is 14.2. The first-order valence-corrected chi connectivity index (χ1v) is 9.59. The van der Waals surface area contributed by atoms with Gasteiger partial charge in [0.1, 0.15) is 0 Å². The quantitative estimate of drug-likeness (QED) is 0.562. The monoisotopic (exact) mass is 348 g/mol. The summed E-state index contributed by atoms with van der Waals surface area (Å²) in [4.78, 5) is 0. The molecule has 0 saturated heterocycles. The summed E-state index contributed by atoms with van der Waals surface area (Å²) in [5, 5.41) is 0.288. The second kappa shape index (κ2) is 5.19. The first-order valence-electron chi connectivity index (χ1n) is 5.61. The van der Waals surface area contributed by atoms with Crippen molar-refractivity contribution in [1.29, 1.82) is 0 Å². The maximum Gasteiger partial charge on any atom is 0.192 e. The Morgan fingerprint density at radius 3 is 2.06 bits per heavy atom. The van der Waals surface area contributed by atoms with Gasteiger partial charge in [-0.2, -0.15) is 0 Å². The maximum absolute atomic E-state index is 6.16. The van der Waals surface area contributed by atoms with Crippen LogP contribution in [0.25, 0.3) is 0 Å². The van der Waals surface area contributed by atoms with Crippen LogP contribution < -0.4 is 0 Å². The zero-order chi connectivity index (χ0) is 12.4. The van der Waals surface area contributed by atoms with Crippen molar-refractivity contribution in [3.05, 3.63) is 33.4 Å². The summed E-state index contributed by atoms with van der Waals surface area (Å²) in [6.45, 7) is 12.1. The van der Waals surface area contributed by atoms with E-state index in [0.717, 1.165) is 6.61 Å². The highest BCUT2D eigenvalue weighted by atomic mass is 127. The second-order valence-corrected chi connectivity index (χ2v) is 11.7. The van der Waals surface area contributed by atoms with E-state index in [9.17, 15) is 0 Å². The Hall–Kier alpha value is 0.127. The van der Waals surface area contributed by atoms with E-state index >= 15 is 0 Å². The van der Waals surface area contributed by atoms with Crippen molar-refractivity contribution in [2.24, 2.45) is 0 Å². The van der Waals surface area contributed by atoms with Gasteiger partial charge in [-0.25, -0.2) is 0 Å². The third-order valence-corrected chi connectivity index (χ3v) is 8.52. The average Bonchev–Trinajstić information content (AvgIpc) is 2.15. The highest BCUT2D eigenvalue weighted by molar-refractivity contribution is 14.1. The summed E-state index contributed by atoms with van der Waals surface area (Å²) < 4.78 is 7.43. The first-order chi connectivity index (χ1) is 7.22. The molecule has 16 heavy (non-hydrogen) atoms. The van der Waals surface area contributed by atoms with Crippen LogP contribution in [0.5, 0.6) is 0 Å². The molecule has 0 spiro atoms. The summed E-state index contributed by atoms with van der Waals surface area (Å²) in [7, 11) is -1.60. The predicted octanol–water partition coefficient (Wildman–Crippen LogP) is 4.81. The summed E-state index contributed by atoms with van der Waals surface area (Å²) >= 11 is 2.32. The molecule has 0 heterocycles. The number of halogens is 1. The molecule has 3 heteroatoms. The lowest BCUT2D eigenvalue weighted by molar-refractivity contribution is 0.276. The van der Waals surface area contributed by atoms with E-state index in [1.165, 1.54) is 9.13 Å². The van der Waals surface area contributed by atoms with Crippen LogP contribution in [0.15, 0.2) is 24.3 Å². The lowest BCUT2D eigenvalue weighted by Crippen LogP contribution is -2.40. The molecule has 1 aromatic rings. The average molecular weight is 348 g/mol. The van der Waals surface area contributed by atoms with Crippen LogP contribution in [0.2, 0.25) is 18.1 Å². The minimum Gasteiger partial charge on any atom is -0.413 e. The molecule has 0 amide bonds. The summed E-state index contributed by atoms with van der Waals surface area (Å²) in [5.74, 6) is 0. The van der Waals surface area contributed by atoms with E-state index in [2.05, 4.69) is 80.7 Å². The van der Waals surface area contributed by atoms with Crippen LogP contribution in [0, 0.1) is 3.57 Å². The van der Waals surface area contributed by atoms with Gasteiger partial charge in [0, 0.05) is 3.57 Å². The molecule has 0 aromatic heterocycles. The molecular formula is C13H21IOSi. The number of rotatable bonds is 3. The summed E-state index contributed by atoms with van der Waals surface area (Å²) in [5.41, 5.74) is 1.27. The number of hydrogen-bond acceptors (Lipinski definition) is 1. The van der Waals surface area contributed by atoms with Crippen LogP contribution in [0.1, 0.15) is 26.3 Å². The van der Waals surface area contributed by atoms with Crippen LogP contribution in [0.3, 0.4) is 0 Å². The summed E-state index contributed by atoms with van der Waals surface area (Å²) in [6, 6.07) is 8.56. The van der Waals surface area contributed by atoms with E-state index in [0.29, 0.717) is 0 Å². The highest BCUT2D eigenvalue weighted by Crippen LogP contribution is 2.37. The van der Waals surface area contributed by atoms with Crippen molar-refractivity contribution in [2.75, 3.05) is 0 Å². The minimum absolute atomic E-state index is 0.288. The second-order valence-electron chi connectivity index (χ2n) is 5.68. The predicted molar refractivity (Wildman–Crippen MR) is 81.1 cm³/mol. The fraction of sp³-hybridized carbons (Fsp3) is 0.538. The lowest BCUT2D eigenvalue weighted by atomic mass is 10.2. The fourth-order valence-electron chi connectivity index (χ4n) is 1.06. The zero-order valence-corrected chi connectivity index (χ0v) is 14.0. The third-order valence-electron chi connectivity index (χ3n) is 3.32. The van der Waals surface area contributed by atoms with Crippen LogP contribution >= 0.6 is 22.6 Å². The Balaban J connectivity index is 2.61. The van der Waals surface area contributed by atoms with E-state index in [-0.39, 0.29) is 5.04 Å². The van der Waals surface area contributed by atoms with Crippen molar-refractivity contribution >= 4 is 30.9 Å². The van der Waals surface area contributed by atoms with Gasteiger partial charge in [0.25, 0.3) is 0 Å². The van der Waals surface area contributed by atoms with Gasteiger partial charge in [-0.05, 0) is 58.4 Å². The van der Waals surface area contributed by atoms with Crippen molar-refractivity contribution < 1.29 is 4.43 Å². The normalized spacial score (nSPS) is 12.9. The number of hydrogen-bond donors (Lipinski definition) is 0. The van der Waals surface area contributed by atoms with E-state index < -0.39 is 8.32 Å². The molecule has 0 aliphatic rings. The van der Waals surface area contributed by atoms with Gasteiger partial charge in [-0.1, -0.05) is 32.9 Å². The molecule has 1 aromatic carbocycles. The molecule has 90 valence electrons. The van der Waals surface area contributed by atoms with Gasteiger partial charge in [0.15, 0.2) is 8.32 Å². The van der Waals surface area contributed by atoms with E-state index in [4.69, 9.17) is 4.43 Å². The Morgan fingerprint density at radius 1 is 1.12 bits per heavy atom. The molecule has 0 fully saturated rings. The molecular weight excluding hydrogens is 327 g/mol. The molecule has 1 rings (SSSR count). The Morgan fingerprint density at radius 2 is 1.62 bits per heavy atom. The van der Waals surface area contributed by atoms with Gasteiger partial charge < -0.3 is 4.43 Å². The molecule has 0 unspecified atom stereocenters. The Kier molecular flexibility index (Phi) is 4.60. The molecule has 0 aliphatic carbocycles. The molecule has 0 atom stereocenters. The largest absolute Gasteiger partial charge is 0.413 e. The van der Waals surface area contributed by atoms with Crippen molar-refractivity contribution in [3.8, 4) is 0 Å². The fourth-order valence-corrected chi connectivity index (χ4v) is 2.38. The molecule has 1 nitrogen and oxygen atoms in total. The van der Waals surface area contributed by atoms with Gasteiger partial charge in [-0.3, -0.25) is 0 Å². The van der Waals surface area contributed by atoms with Gasteiger partial charge in [0.2, 0.25) is 0 Å². The molecule has 0 aliphatic heterocycles. The van der Waals surface area contributed by atoms with Crippen LogP contribution in [0.4, 0.5) is 0 Å². The smallest absolute Gasteiger partial charge is 0.192 e. The van der Waals surface area contributed by atoms with E-state index in [1.807, 2.05) is 0 Å². The van der Waals surface area contributed by atoms with Crippen LogP contribution in [-0.4, -0.2) is 8.32 Å². The minimum atomic E-state index is -1.60. The standard InChI is InChI=1S/C13H21IOSi/c1-13(2,3)16(4,5)15-10-11-6-8-12(14)9-7-11/h6-9H,10H2,1-5H3. The SMILES string of the molecule is CC(C)(C)[Si](C)(C)OCc1ccc(I)cc1. The Labute approximate surface area is 114 Å². The van der Waals surface area contributed by atoms with Gasteiger partial charge in [-0.15, -0.1) is 0 Å². The zero-order valence-electron chi connectivity index (χ0n) is 10.8. The van der Waals surface area contributed by atoms with Gasteiger partial charge in [0.05, 0.1) is 6.61 Å². The highest BCUT2D eigenvalue weighted by Gasteiger charge is 2.36. The molecule has 0 saturated carbocycles. The van der Waals surface area contributed by atoms with E-state index in [1.54, 1.807) is 0 Å². The third kappa shape index (κ3) is 3.86. The topological polar surface area (TPSA) is 9.23 Å². The number of benzene rings is 1. The van der Waals surface area contributed by atoms with Crippen molar-refractivity contribution in [3.63, 3.8) is 0 Å². The van der Waals surface area contributed by atoms with Crippen molar-refractivity contribution in [2.45, 2.75) is 45.5 Å². The molecule has 0 radical (unpaired) electrons. The molecule has 0 bridgehead atoms. The van der Waals surface area contributed by atoms with Gasteiger partial charge >= 0.3 is 0 Å². The molecule has 0 N–H and O–H groups in total. The summed E-state index contributed by atoms with van der Waals surface area (Å²) in [6.07, 6.45) is 0. The Bertz CT molecular complexity index is 338.